The summed E-state index contributed by atoms with van der Waals surface area (Å²) < 4.78 is 42.4. The van der Waals surface area contributed by atoms with Gasteiger partial charge in [-0.2, -0.15) is 13.2 Å². The maximum Gasteiger partial charge on any atom is 0.417 e. The molecule has 1 N–H and O–H groups in total. The molecule has 6 nitrogen and oxygen atoms in total. The fourth-order valence-electron chi connectivity index (χ4n) is 1.77. The number of hydrogen-bond acceptors (Lipinski definition) is 6. The summed E-state index contributed by atoms with van der Waals surface area (Å²) in [5.74, 6) is -1.77. The molecule has 2 aromatic rings. The van der Waals surface area contributed by atoms with Gasteiger partial charge in [0, 0.05) is 6.20 Å². The number of anilines is 1. The minimum atomic E-state index is -4.60. The van der Waals surface area contributed by atoms with Crippen LogP contribution < -0.4 is 5.32 Å². The first kappa shape index (κ1) is 19.1. The zero-order valence-corrected chi connectivity index (χ0v) is 14.5. The third kappa shape index (κ3) is 4.89. The van der Waals surface area contributed by atoms with E-state index in [1.807, 2.05) is 0 Å². The van der Waals surface area contributed by atoms with E-state index >= 15 is 0 Å². The molecule has 0 aliphatic carbocycles. The number of rotatable bonds is 4. The van der Waals surface area contributed by atoms with E-state index in [4.69, 9.17) is 16.3 Å². The second kappa shape index (κ2) is 7.36. The fraction of sp³-hybridized carbons (Fsp3) is 0.286. The quantitative estimate of drug-likeness (QED) is 0.802. The number of hydrogen-bond donors (Lipinski definition) is 1. The highest BCUT2D eigenvalue weighted by molar-refractivity contribution is 7.13. The second-order valence-electron chi connectivity index (χ2n) is 4.82. The van der Waals surface area contributed by atoms with Crippen molar-refractivity contribution in [2.75, 3.05) is 11.9 Å². The van der Waals surface area contributed by atoms with Crippen molar-refractivity contribution in [1.82, 2.24) is 9.97 Å². The predicted molar refractivity (Wildman–Crippen MR) is 84.7 cm³/mol. The first-order valence-corrected chi connectivity index (χ1v) is 7.91. The molecule has 11 heteroatoms. The van der Waals surface area contributed by atoms with Gasteiger partial charge in [0.05, 0.1) is 21.3 Å². The van der Waals surface area contributed by atoms with Gasteiger partial charge < -0.3 is 10.1 Å². The maximum atomic E-state index is 12.5. The fourth-order valence-corrected chi connectivity index (χ4v) is 2.80. The summed E-state index contributed by atoms with van der Waals surface area (Å²) in [6.45, 7) is 2.71. The zero-order valence-electron chi connectivity index (χ0n) is 12.9. The smallest absolute Gasteiger partial charge is 0.417 e. The number of amides is 1. The van der Waals surface area contributed by atoms with E-state index in [1.54, 1.807) is 13.8 Å². The van der Waals surface area contributed by atoms with Crippen molar-refractivity contribution in [2.45, 2.75) is 20.0 Å². The normalized spacial score (nSPS) is 11.3. The van der Waals surface area contributed by atoms with Gasteiger partial charge in [0.15, 0.2) is 12.4 Å². The van der Waals surface area contributed by atoms with E-state index in [1.165, 1.54) is 0 Å². The molecule has 25 heavy (non-hydrogen) atoms. The summed E-state index contributed by atoms with van der Waals surface area (Å²) in [6.07, 6.45) is -4.06. The highest BCUT2D eigenvalue weighted by Gasteiger charge is 2.31. The lowest BCUT2D eigenvalue weighted by Gasteiger charge is -2.10. The van der Waals surface area contributed by atoms with Crippen LogP contribution in [-0.4, -0.2) is 28.5 Å². The average molecular weight is 394 g/mol. The number of nitrogens with one attached hydrogen (secondary N) is 1. The lowest BCUT2D eigenvalue weighted by atomic mass is 10.3. The summed E-state index contributed by atoms with van der Waals surface area (Å²) in [7, 11) is 0. The second-order valence-corrected chi connectivity index (χ2v) is 6.43. The molecule has 0 spiro atoms. The Morgan fingerprint density at radius 3 is 2.56 bits per heavy atom. The minimum Gasteiger partial charge on any atom is -0.451 e. The first-order chi connectivity index (χ1) is 11.6. The van der Waals surface area contributed by atoms with Gasteiger partial charge in [0.25, 0.3) is 5.91 Å². The summed E-state index contributed by atoms with van der Waals surface area (Å²) in [6, 6.07) is 0.639. The van der Waals surface area contributed by atoms with Crippen LogP contribution in [0.1, 0.15) is 25.9 Å². The molecule has 0 radical (unpaired) electrons. The van der Waals surface area contributed by atoms with Crippen molar-refractivity contribution in [3.05, 3.63) is 38.4 Å². The number of pyridine rings is 1. The number of thiazole rings is 1. The zero-order chi connectivity index (χ0) is 18.8. The minimum absolute atomic E-state index is 0.263. The number of carbonyl (C=O) groups is 2. The maximum absolute atomic E-state index is 12.5. The third-order valence-corrected chi connectivity index (χ3v) is 4.19. The monoisotopic (exact) mass is 393 g/mol. The highest BCUT2D eigenvalue weighted by Crippen LogP contribution is 2.32. The molecule has 1 amide bonds. The van der Waals surface area contributed by atoms with Gasteiger partial charge in [0.1, 0.15) is 4.88 Å². The average Bonchev–Trinajstić information content (AvgIpc) is 2.84. The standard InChI is InChI=1S/C14H11ClF3N3O3S/c1-6-11(25-7(2)20-6)13(23)24-5-10(22)21-12-9(15)3-8(4-19-12)14(16,17)18/h3-4H,5H2,1-2H3,(H,19,21,22). The van der Waals surface area contributed by atoms with Gasteiger partial charge in [-0.15, -0.1) is 11.3 Å². The molecule has 2 aromatic heterocycles. The van der Waals surface area contributed by atoms with Crippen LogP contribution in [-0.2, 0) is 15.7 Å². The van der Waals surface area contributed by atoms with Crippen LogP contribution >= 0.6 is 22.9 Å². The Kier molecular flexibility index (Phi) is 5.63. The Labute approximate surface area is 149 Å². The molecule has 2 heterocycles. The Hall–Kier alpha value is -2.20. The number of nitrogens with zero attached hydrogens (tertiary/aromatic N) is 2. The molecule has 0 bridgehead atoms. The van der Waals surface area contributed by atoms with E-state index in [0.717, 1.165) is 11.3 Å². The molecule has 2 rings (SSSR count). The third-order valence-electron chi connectivity index (χ3n) is 2.85. The molecule has 0 fully saturated rings. The number of halogens is 4. The molecule has 0 saturated carbocycles. The Morgan fingerprint density at radius 2 is 2.04 bits per heavy atom. The largest absolute Gasteiger partial charge is 0.451 e. The molecule has 0 atom stereocenters. The Morgan fingerprint density at radius 1 is 1.36 bits per heavy atom. The van der Waals surface area contributed by atoms with Crippen LogP contribution in [0.4, 0.5) is 19.0 Å². The molecule has 0 aromatic carbocycles. The Balaban J connectivity index is 1.96. The number of esters is 1. The number of ether oxygens (including phenoxy) is 1. The van der Waals surface area contributed by atoms with Crippen molar-refractivity contribution in [3.8, 4) is 0 Å². The number of alkyl halides is 3. The van der Waals surface area contributed by atoms with Gasteiger partial charge in [0.2, 0.25) is 0 Å². The first-order valence-electron chi connectivity index (χ1n) is 6.71. The van der Waals surface area contributed by atoms with Gasteiger partial charge >= 0.3 is 12.1 Å². The summed E-state index contributed by atoms with van der Waals surface area (Å²) in [5.41, 5.74) is -0.557. The summed E-state index contributed by atoms with van der Waals surface area (Å²) >= 11 is 6.80. The van der Waals surface area contributed by atoms with Crippen LogP contribution in [0.5, 0.6) is 0 Å². The molecule has 0 aliphatic heterocycles. The SMILES string of the molecule is Cc1nc(C)c(C(=O)OCC(=O)Nc2ncc(C(F)(F)F)cc2Cl)s1. The molecule has 0 aliphatic rings. The van der Waals surface area contributed by atoms with E-state index in [-0.39, 0.29) is 15.7 Å². The van der Waals surface area contributed by atoms with Crippen LogP contribution in [0.3, 0.4) is 0 Å². The van der Waals surface area contributed by atoms with Crippen molar-refractivity contribution < 1.29 is 27.5 Å². The number of carbonyl (C=O) groups excluding carboxylic acids is 2. The van der Waals surface area contributed by atoms with Gasteiger partial charge in [-0.1, -0.05) is 11.6 Å². The van der Waals surface area contributed by atoms with E-state index < -0.39 is 30.2 Å². The molecule has 0 unspecified atom stereocenters. The topological polar surface area (TPSA) is 81.2 Å². The highest BCUT2D eigenvalue weighted by atomic mass is 35.5. The van der Waals surface area contributed by atoms with Gasteiger partial charge in [-0.3, -0.25) is 4.79 Å². The van der Waals surface area contributed by atoms with Gasteiger partial charge in [-0.05, 0) is 19.9 Å². The van der Waals surface area contributed by atoms with Crippen LogP contribution in [0, 0.1) is 13.8 Å². The molecular formula is C14H11ClF3N3O3S. The van der Waals surface area contributed by atoms with Crippen molar-refractivity contribution in [3.63, 3.8) is 0 Å². The van der Waals surface area contributed by atoms with E-state index in [9.17, 15) is 22.8 Å². The summed E-state index contributed by atoms with van der Waals surface area (Å²) in [5, 5.41) is 2.47. The van der Waals surface area contributed by atoms with Crippen LogP contribution in [0.2, 0.25) is 5.02 Å². The number of aromatic nitrogens is 2. The predicted octanol–water partition coefficient (Wildman–Crippen LogP) is 3.62. The summed E-state index contributed by atoms with van der Waals surface area (Å²) in [4.78, 5) is 31.4. The van der Waals surface area contributed by atoms with Crippen LogP contribution in [0.25, 0.3) is 0 Å². The van der Waals surface area contributed by atoms with Crippen molar-refractivity contribution in [1.29, 1.82) is 0 Å². The van der Waals surface area contributed by atoms with Crippen molar-refractivity contribution >= 4 is 40.6 Å². The molecule has 0 saturated heterocycles. The molecule has 134 valence electrons. The van der Waals surface area contributed by atoms with Crippen LogP contribution in [0.15, 0.2) is 12.3 Å². The number of aryl methyl sites for hydroxylation is 2. The Bertz CT molecular complexity index is 823. The lowest BCUT2D eigenvalue weighted by Crippen LogP contribution is -2.21. The lowest BCUT2D eigenvalue weighted by molar-refractivity contribution is -0.137. The van der Waals surface area contributed by atoms with E-state index in [2.05, 4.69) is 15.3 Å². The van der Waals surface area contributed by atoms with Gasteiger partial charge in [-0.25, -0.2) is 14.8 Å². The van der Waals surface area contributed by atoms with E-state index in [0.29, 0.717) is 23.0 Å². The van der Waals surface area contributed by atoms with Crippen molar-refractivity contribution in [2.24, 2.45) is 0 Å². The molecular weight excluding hydrogens is 383 g/mol.